The van der Waals surface area contributed by atoms with Crippen molar-refractivity contribution in [3.63, 3.8) is 0 Å². The number of carbonyl (C=O) groups is 2. The number of likely N-dealkylation sites (tertiary alicyclic amines) is 1. The third-order valence-electron chi connectivity index (χ3n) is 3.24. The van der Waals surface area contributed by atoms with E-state index in [1.807, 2.05) is 0 Å². The number of amides is 2. The van der Waals surface area contributed by atoms with E-state index in [0.717, 1.165) is 5.56 Å². The van der Waals surface area contributed by atoms with E-state index in [0.29, 0.717) is 32.5 Å². The van der Waals surface area contributed by atoms with Crippen LogP contribution in [0, 0.1) is 0 Å². The van der Waals surface area contributed by atoms with Crippen LogP contribution in [-0.4, -0.2) is 51.3 Å². The number of urea groups is 1. The van der Waals surface area contributed by atoms with Crippen LogP contribution in [0.2, 0.25) is 0 Å². The lowest BCUT2D eigenvalue weighted by Crippen LogP contribution is -2.45. The molecule has 1 aromatic heterocycles. The van der Waals surface area contributed by atoms with Gasteiger partial charge in [0.1, 0.15) is 5.69 Å². The Morgan fingerprint density at radius 2 is 2.05 bits per heavy atom. The molecule has 0 saturated carbocycles. The summed E-state index contributed by atoms with van der Waals surface area (Å²) in [6.07, 6.45) is 2.32. The fourth-order valence-electron chi connectivity index (χ4n) is 2.01. The van der Waals surface area contributed by atoms with E-state index < -0.39 is 5.97 Å². The van der Waals surface area contributed by atoms with E-state index in [4.69, 9.17) is 5.11 Å². The van der Waals surface area contributed by atoms with Crippen LogP contribution in [0.15, 0.2) is 18.3 Å². The summed E-state index contributed by atoms with van der Waals surface area (Å²) in [4.78, 5) is 28.0. The van der Waals surface area contributed by atoms with E-state index in [1.165, 1.54) is 12.3 Å². The molecule has 0 aromatic carbocycles. The number of aliphatic hydroxyl groups excluding tert-OH is 1. The van der Waals surface area contributed by atoms with Crippen LogP contribution < -0.4 is 5.32 Å². The fraction of sp³-hybridized carbons (Fsp3) is 0.462. The number of pyridine rings is 1. The minimum atomic E-state index is -1.08. The van der Waals surface area contributed by atoms with Gasteiger partial charge in [-0.1, -0.05) is 6.07 Å². The molecular formula is C13H17N3O4. The number of aromatic nitrogens is 1. The Morgan fingerprint density at radius 3 is 2.60 bits per heavy atom. The number of hydrogen-bond acceptors (Lipinski definition) is 4. The van der Waals surface area contributed by atoms with E-state index in [9.17, 15) is 14.7 Å². The Labute approximate surface area is 116 Å². The quantitative estimate of drug-likeness (QED) is 0.745. The Balaban J connectivity index is 1.82. The second-order valence-corrected chi connectivity index (χ2v) is 4.73. The molecule has 0 atom stereocenters. The standard InChI is InChI=1S/C13H17N3O4/c17-10-3-5-16(6-4-10)13(20)15-8-9-1-2-11(12(18)19)14-7-9/h1-2,7,10,17H,3-6,8H2,(H,15,20)(H,18,19). The zero-order chi connectivity index (χ0) is 14.5. The molecule has 2 rings (SSSR count). The molecule has 1 aromatic rings. The summed E-state index contributed by atoms with van der Waals surface area (Å²) in [5.41, 5.74) is 0.713. The SMILES string of the molecule is O=C(O)c1ccc(CNC(=O)N2CCC(O)CC2)cn1. The van der Waals surface area contributed by atoms with Crippen molar-refractivity contribution in [1.29, 1.82) is 0 Å². The number of hydrogen-bond donors (Lipinski definition) is 3. The van der Waals surface area contributed by atoms with Gasteiger partial charge < -0.3 is 20.4 Å². The molecule has 3 N–H and O–H groups in total. The van der Waals surface area contributed by atoms with Gasteiger partial charge in [0, 0.05) is 25.8 Å². The summed E-state index contributed by atoms with van der Waals surface area (Å²) in [6.45, 7) is 1.39. The van der Waals surface area contributed by atoms with Crippen molar-refractivity contribution in [2.24, 2.45) is 0 Å². The maximum Gasteiger partial charge on any atom is 0.354 e. The summed E-state index contributed by atoms with van der Waals surface area (Å²) in [5.74, 6) is -1.08. The van der Waals surface area contributed by atoms with E-state index in [-0.39, 0.29) is 17.8 Å². The van der Waals surface area contributed by atoms with Gasteiger partial charge in [-0.15, -0.1) is 0 Å². The van der Waals surface area contributed by atoms with E-state index in [1.54, 1.807) is 11.0 Å². The highest BCUT2D eigenvalue weighted by Gasteiger charge is 2.20. The Kier molecular flexibility index (Phi) is 4.52. The fourth-order valence-corrected chi connectivity index (χ4v) is 2.01. The number of nitrogens with zero attached hydrogens (tertiary/aromatic N) is 2. The number of carboxylic acid groups (broad SMARTS) is 1. The second kappa shape index (κ2) is 6.33. The molecule has 0 unspecified atom stereocenters. The van der Waals surface area contributed by atoms with E-state index in [2.05, 4.69) is 10.3 Å². The third-order valence-corrected chi connectivity index (χ3v) is 3.24. The van der Waals surface area contributed by atoms with Gasteiger partial charge >= 0.3 is 12.0 Å². The average molecular weight is 279 g/mol. The molecule has 7 heteroatoms. The molecule has 108 valence electrons. The van der Waals surface area contributed by atoms with Gasteiger partial charge in [-0.3, -0.25) is 0 Å². The summed E-state index contributed by atoms with van der Waals surface area (Å²) >= 11 is 0. The zero-order valence-electron chi connectivity index (χ0n) is 11.0. The van der Waals surface area contributed by atoms with Crippen LogP contribution in [0.3, 0.4) is 0 Å². The third kappa shape index (κ3) is 3.67. The first kappa shape index (κ1) is 14.3. The van der Waals surface area contributed by atoms with Gasteiger partial charge in [-0.25, -0.2) is 14.6 Å². The predicted octanol–water partition coefficient (Wildman–Crippen LogP) is 0.446. The number of carboxylic acids is 1. The van der Waals surface area contributed by atoms with Crippen molar-refractivity contribution < 1.29 is 19.8 Å². The van der Waals surface area contributed by atoms with Crippen molar-refractivity contribution in [3.8, 4) is 0 Å². The number of aromatic carboxylic acids is 1. The molecule has 1 fully saturated rings. The second-order valence-electron chi connectivity index (χ2n) is 4.73. The van der Waals surface area contributed by atoms with Crippen LogP contribution in [0.1, 0.15) is 28.9 Å². The number of rotatable bonds is 3. The summed E-state index contributed by atoms with van der Waals surface area (Å²) in [7, 11) is 0. The maximum absolute atomic E-state index is 11.9. The number of aliphatic hydroxyl groups is 1. The Morgan fingerprint density at radius 1 is 1.35 bits per heavy atom. The van der Waals surface area contributed by atoms with Gasteiger partial charge in [0.25, 0.3) is 0 Å². The molecule has 0 radical (unpaired) electrons. The number of carbonyl (C=O) groups excluding carboxylic acids is 1. The van der Waals surface area contributed by atoms with Gasteiger partial charge in [0.15, 0.2) is 0 Å². The van der Waals surface area contributed by atoms with E-state index >= 15 is 0 Å². The lowest BCUT2D eigenvalue weighted by Gasteiger charge is -2.29. The predicted molar refractivity (Wildman–Crippen MR) is 70.2 cm³/mol. The van der Waals surface area contributed by atoms with Crippen molar-refractivity contribution in [2.75, 3.05) is 13.1 Å². The monoisotopic (exact) mass is 279 g/mol. The van der Waals surface area contributed by atoms with Crippen molar-refractivity contribution in [2.45, 2.75) is 25.5 Å². The van der Waals surface area contributed by atoms with Gasteiger partial charge in [-0.2, -0.15) is 0 Å². The molecule has 7 nitrogen and oxygen atoms in total. The Hall–Kier alpha value is -2.15. The van der Waals surface area contributed by atoms with Gasteiger partial charge in [0.05, 0.1) is 6.10 Å². The molecule has 0 bridgehead atoms. The van der Waals surface area contributed by atoms with Crippen LogP contribution in [0.25, 0.3) is 0 Å². The molecule has 1 aliphatic rings. The zero-order valence-corrected chi connectivity index (χ0v) is 11.0. The van der Waals surface area contributed by atoms with Crippen LogP contribution in [-0.2, 0) is 6.54 Å². The van der Waals surface area contributed by atoms with Gasteiger partial charge in [-0.05, 0) is 24.5 Å². The first-order valence-electron chi connectivity index (χ1n) is 6.45. The minimum absolute atomic E-state index is 0.0231. The topological polar surface area (TPSA) is 103 Å². The molecule has 0 spiro atoms. The molecular weight excluding hydrogens is 262 g/mol. The normalized spacial score (nSPS) is 15.9. The molecule has 1 aliphatic heterocycles. The van der Waals surface area contributed by atoms with Crippen molar-refractivity contribution in [3.05, 3.63) is 29.6 Å². The minimum Gasteiger partial charge on any atom is -0.477 e. The lowest BCUT2D eigenvalue weighted by atomic mass is 10.1. The number of nitrogens with one attached hydrogen (secondary N) is 1. The average Bonchev–Trinajstić information content (AvgIpc) is 2.46. The van der Waals surface area contributed by atoms with Gasteiger partial charge in [0.2, 0.25) is 0 Å². The molecule has 0 aliphatic carbocycles. The highest BCUT2D eigenvalue weighted by molar-refractivity contribution is 5.85. The molecule has 2 amide bonds. The molecule has 2 heterocycles. The smallest absolute Gasteiger partial charge is 0.354 e. The summed E-state index contributed by atoms with van der Waals surface area (Å²) in [6, 6.07) is 2.84. The molecule has 20 heavy (non-hydrogen) atoms. The Bertz CT molecular complexity index is 481. The van der Waals surface area contributed by atoms with Crippen molar-refractivity contribution in [1.82, 2.24) is 15.2 Å². The largest absolute Gasteiger partial charge is 0.477 e. The van der Waals surface area contributed by atoms with Crippen LogP contribution >= 0.6 is 0 Å². The molecule has 1 saturated heterocycles. The lowest BCUT2D eigenvalue weighted by molar-refractivity contribution is 0.0690. The summed E-state index contributed by atoms with van der Waals surface area (Å²) < 4.78 is 0. The first-order valence-corrected chi connectivity index (χ1v) is 6.45. The van der Waals surface area contributed by atoms with Crippen molar-refractivity contribution >= 4 is 12.0 Å². The highest BCUT2D eigenvalue weighted by Crippen LogP contribution is 2.10. The van der Waals surface area contributed by atoms with Crippen LogP contribution in [0.4, 0.5) is 4.79 Å². The highest BCUT2D eigenvalue weighted by atomic mass is 16.4. The van der Waals surface area contributed by atoms with Crippen LogP contribution in [0.5, 0.6) is 0 Å². The maximum atomic E-state index is 11.9. The number of piperidine rings is 1. The summed E-state index contributed by atoms with van der Waals surface area (Å²) in [5, 5.41) is 20.8. The first-order chi connectivity index (χ1) is 9.56.